The zero-order valence-corrected chi connectivity index (χ0v) is 9.35. The zero-order chi connectivity index (χ0) is 12.6. The van der Waals surface area contributed by atoms with Crippen molar-refractivity contribution in [3.8, 4) is 0 Å². The minimum absolute atomic E-state index is 0.231. The van der Waals surface area contributed by atoms with Crippen molar-refractivity contribution in [2.45, 2.75) is 6.18 Å². The number of rotatable bonds is 1. The molecule has 0 amide bonds. The van der Waals surface area contributed by atoms with Gasteiger partial charge in [-0.2, -0.15) is 13.2 Å². The minimum Gasteiger partial charge on any atom is -0.465 e. The molecule has 0 aliphatic heterocycles. The normalized spacial score (nSPS) is 11.8. The number of aromatic nitrogens is 1. The number of alkyl halides is 3. The Morgan fingerprint density at radius 1 is 1.41 bits per heavy atom. The van der Waals surface area contributed by atoms with E-state index < -0.39 is 17.7 Å². The van der Waals surface area contributed by atoms with Crippen LogP contribution in [0.25, 0.3) is 10.2 Å². The Hall–Kier alpha value is -1.63. The first-order valence-electron chi connectivity index (χ1n) is 4.47. The number of halogens is 3. The number of nitrogens with zero attached hydrogens (tertiary/aromatic N) is 1. The third kappa shape index (κ3) is 2.23. The van der Waals surface area contributed by atoms with E-state index in [1.54, 1.807) is 0 Å². The number of esters is 1. The van der Waals surface area contributed by atoms with Crippen LogP contribution in [0.1, 0.15) is 15.2 Å². The van der Waals surface area contributed by atoms with E-state index in [1.807, 2.05) is 0 Å². The van der Waals surface area contributed by atoms with Gasteiger partial charge >= 0.3 is 12.1 Å². The van der Waals surface area contributed by atoms with Crippen molar-refractivity contribution in [1.29, 1.82) is 0 Å². The SMILES string of the molecule is COC(=O)c1cc2cc(C(F)(F)F)cnc2s1. The van der Waals surface area contributed by atoms with Gasteiger partial charge in [-0.3, -0.25) is 0 Å². The lowest BCUT2D eigenvalue weighted by atomic mass is 10.2. The summed E-state index contributed by atoms with van der Waals surface area (Å²) in [7, 11) is 1.21. The highest BCUT2D eigenvalue weighted by molar-refractivity contribution is 7.20. The van der Waals surface area contributed by atoms with Crippen molar-refractivity contribution < 1.29 is 22.7 Å². The molecule has 0 atom stereocenters. The van der Waals surface area contributed by atoms with Crippen LogP contribution in [0.4, 0.5) is 13.2 Å². The average Bonchev–Trinajstić information content (AvgIpc) is 2.69. The fourth-order valence-electron chi connectivity index (χ4n) is 1.29. The van der Waals surface area contributed by atoms with Crippen molar-refractivity contribution >= 4 is 27.5 Å². The fraction of sp³-hybridized carbons (Fsp3) is 0.200. The molecule has 2 aromatic heterocycles. The van der Waals surface area contributed by atoms with E-state index in [0.29, 0.717) is 4.83 Å². The Balaban J connectivity index is 2.52. The molecule has 2 heterocycles. The molecule has 0 bridgehead atoms. The van der Waals surface area contributed by atoms with Gasteiger partial charge in [0.15, 0.2) is 0 Å². The molecule has 0 aliphatic rings. The second-order valence-corrected chi connectivity index (χ2v) is 4.25. The molecule has 0 unspecified atom stereocenters. The molecule has 0 radical (unpaired) electrons. The van der Waals surface area contributed by atoms with Crippen LogP contribution in [0.2, 0.25) is 0 Å². The molecule has 2 rings (SSSR count). The molecule has 0 aromatic carbocycles. The Morgan fingerprint density at radius 3 is 2.71 bits per heavy atom. The number of methoxy groups -OCH3 is 1. The van der Waals surface area contributed by atoms with Gasteiger partial charge in [-0.05, 0) is 12.1 Å². The van der Waals surface area contributed by atoms with Crippen molar-refractivity contribution in [3.63, 3.8) is 0 Å². The topological polar surface area (TPSA) is 39.2 Å². The van der Waals surface area contributed by atoms with Crippen LogP contribution < -0.4 is 0 Å². The lowest BCUT2D eigenvalue weighted by Crippen LogP contribution is -2.04. The smallest absolute Gasteiger partial charge is 0.417 e. The maximum atomic E-state index is 12.4. The summed E-state index contributed by atoms with van der Waals surface area (Å²) in [6.45, 7) is 0. The fourth-order valence-corrected chi connectivity index (χ4v) is 2.19. The lowest BCUT2D eigenvalue weighted by Gasteiger charge is -2.04. The van der Waals surface area contributed by atoms with Gasteiger partial charge in [-0.1, -0.05) is 0 Å². The van der Waals surface area contributed by atoms with Gasteiger partial charge in [0.25, 0.3) is 0 Å². The summed E-state index contributed by atoms with van der Waals surface area (Å²) in [5.41, 5.74) is -0.834. The Labute approximate surface area is 97.8 Å². The summed E-state index contributed by atoms with van der Waals surface area (Å²) in [6.07, 6.45) is -3.69. The Kier molecular flexibility index (Phi) is 2.78. The van der Waals surface area contributed by atoms with Crippen molar-refractivity contribution in [3.05, 3.63) is 28.8 Å². The molecule has 0 N–H and O–H groups in total. The molecule has 17 heavy (non-hydrogen) atoms. The quantitative estimate of drug-likeness (QED) is 0.740. The van der Waals surface area contributed by atoms with Crippen LogP contribution in [0.15, 0.2) is 18.3 Å². The molecular formula is C10H6F3NO2S. The first-order chi connectivity index (χ1) is 7.91. The predicted molar refractivity (Wildman–Crippen MR) is 56.0 cm³/mol. The van der Waals surface area contributed by atoms with E-state index in [1.165, 1.54) is 13.2 Å². The lowest BCUT2D eigenvalue weighted by molar-refractivity contribution is -0.137. The number of pyridine rings is 1. The predicted octanol–water partition coefficient (Wildman–Crippen LogP) is 3.10. The molecule has 0 saturated carbocycles. The van der Waals surface area contributed by atoms with Gasteiger partial charge in [0.05, 0.1) is 12.7 Å². The number of fused-ring (bicyclic) bond motifs is 1. The van der Waals surface area contributed by atoms with Crippen LogP contribution >= 0.6 is 11.3 Å². The minimum atomic E-state index is -4.44. The summed E-state index contributed by atoms with van der Waals surface area (Å²) in [5.74, 6) is -0.582. The van der Waals surface area contributed by atoms with Gasteiger partial charge in [0.2, 0.25) is 0 Å². The summed E-state index contributed by atoms with van der Waals surface area (Å²) >= 11 is 0.996. The molecule has 0 saturated heterocycles. The monoisotopic (exact) mass is 261 g/mol. The van der Waals surface area contributed by atoms with Gasteiger partial charge in [-0.15, -0.1) is 11.3 Å². The van der Waals surface area contributed by atoms with Crippen LogP contribution in [0, 0.1) is 0 Å². The van der Waals surface area contributed by atoms with E-state index in [0.717, 1.165) is 23.6 Å². The molecular weight excluding hydrogens is 255 g/mol. The number of carbonyl (C=O) groups is 1. The van der Waals surface area contributed by atoms with E-state index in [9.17, 15) is 18.0 Å². The van der Waals surface area contributed by atoms with E-state index in [4.69, 9.17) is 0 Å². The summed E-state index contributed by atoms with van der Waals surface area (Å²) in [5, 5.41) is 0.283. The Morgan fingerprint density at radius 2 is 2.12 bits per heavy atom. The second kappa shape index (κ2) is 3.99. The number of ether oxygens (including phenoxy) is 1. The summed E-state index contributed by atoms with van der Waals surface area (Å²) < 4.78 is 41.7. The molecule has 0 fully saturated rings. The maximum Gasteiger partial charge on any atom is 0.417 e. The third-order valence-corrected chi connectivity index (χ3v) is 3.12. The summed E-state index contributed by atoms with van der Waals surface area (Å²) in [4.78, 5) is 15.5. The molecule has 90 valence electrons. The molecule has 2 aromatic rings. The van der Waals surface area contributed by atoms with Gasteiger partial charge in [0.1, 0.15) is 9.71 Å². The first kappa shape index (κ1) is 11.8. The second-order valence-electron chi connectivity index (χ2n) is 3.22. The number of thiophene rings is 1. The molecule has 0 aliphatic carbocycles. The number of hydrogen-bond acceptors (Lipinski definition) is 4. The third-order valence-electron chi connectivity index (χ3n) is 2.09. The number of carbonyl (C=O) groups excluding carboxylic acids is 1. The van der Waals surface area contributed by atoms with Crippen molar-refractivity contribution in [1.82, 2.24) is 4.98 Å². The molecule has 7 heteroatoms. The van der Waals surface area contributed by atoms with E-state index >= 15 is 0 Å². The molecule has 3 nitrogen and oxygen atoms in total. The average molecular weight is 261 g/mol. The van der Waals surface area contributed by atoms with E-state index in [-0.39, 0.29) is 10.3 Å². The number of hydrogen-bond donors (Lipinski definition) is 0. The van der Waals surface area contributed by atoms with Crippen molar-refractivity contribution in [2.75, 3.05) is 7.11 Å². The van der Waals surface area contributed by atoms with Crippen LogP contribution in [-0.2, 0) is 10.9 Å². The first-order valence-corrected chi connectivity index (χ1v) is 5.28. The van der Waals surface area contributed by atoms with Gasteiger partial charge in [-0.25, -0.2) is 9.78 Å². The van der Waals surface area contributed by atoms with Crippen LogP contribution in [-0.4, -0.2) is 18.1 Å². The standard InChI is InChI=1S/C10H6F3NO2S/c1-16-9(15)7-3-5-2-6(10(11,12)13)4-14-8(5)17-7/h2-4H,1H3. The van der Waals surface area contributed by atoms with Crippen LogP contribution in [0.5, 0.6) is 0 Å². The van der Waals surface area contributed by atoms with E-state index in [2.05, 4.69) is 9.72 Å². The van der Waals surface area contributed by atoms with Gasteiger partial charge in [0, 0.05) is 11.6 Å². The maximum absolute atomic E-state index is 12.4. The highest BCUT2D eigenvalue weighted by Crippen LogP contribution is 2.32. The largest absolute Gasteiger partial charge is 0.465 e. The van der Waals surface area contributed by atoms with Gasteiger partial charge < -0.3 is 4.74 Å². The van der Waals surface area contributed by atoms with Crippen LogP contribution in [0.3, 0.4) is 0 Å². The Bertz CT molecular complexity index is 576. The zero-order valence-electron chi connectivity index (χ0n) is 8.54. The highest BCUT2D eigenvalue weighted by atomic mass is 32.1. The van der Waals surface area contributed by atoms with Crippen molar-refractivity contribution in [2.24, 2.45) is 0 Å². The summed E-state index contributed by atoms with van der Waals surface area (Å²) in [6, 6.07) is 2.30. The molecule has 0 spiro atoms. The highest BCUT2D eigenvalue weighted by Gasteiger charge is 2.31.